The number of ether oxygens (including phenoxy) is 2. The molecule has 1 heterocycles. The average Bonchev–Trinajstić information content (AvgIpc) is 2.84. The number of nitrogens with zero attached hydrogens (tertiary/aromatic N) is 1. The lowest BCUT2D eigenvalue weighted by Crippen LogP contribution is -2.49. The molecule has 0 unspecified atom stereocenters. The first-order valence-corrected chi connectivity index (χ1v) is 12.8. The number of benzene rings is 3. The van der Waals surface area contributed by atoms with Gasteiger partial charge in [0.25, 0.3) is 5.91 Å². The second-order valence-electron chi connectivity index (χ2n) is 7.75. The van der Waals surface area contributed by atoms with Crippen LogP contribution in [0.2, 0.25) is 5.02 Å². The number of hydrogen-bond acceptors (Lipinski definition) is 6. The second kappa shape index (κ2) is 10.4. The first-order valence-electron chi connectivity index (χ1n) is 10.9. The van der Waals surface area contributed by atoms with Crippen LogP contribution in [0.3, 0.4) is 0 Å². The summed E-state index contributed by atoms with van der Waals surface area (Å²) in [5, 5.41) is 2.80. The van der Waals surface area contributed by atoms with Crippen LogP contribution < -0.4 is 14.4 Å². The number of esters is 1. The average molecular weight is 515 g/mol. The van der Waals surface area contributed by atoms with Crippen LogP contribution in [0.25, 0.3) is 0 Å². The molecule has 10 heteroatoms. The zero-order valence-corrected chi connectivity index (χ0v) is 20.4. The number of fused-ring (bicyclic) bond motifs is 1. The maximum Gasteiger partial charge on any atom is 0.339 e. The van der Waals surface area contributed by atoms with E-state index in [1.165, 1.54) is 22.5 Å². The maximum atomic E-state index is 13.3. The predicted molar refractivity (Wildman–Crippen MR) is 133 cm³/mol. The molecule has 0 bridgehead atoms. The molecule has 3 aromatic rings. The number of nitrogens with one attached hydrogen (secondary N) is 1. The molecule has 4 rings (SSSR count). The predicted octanol–water partition coefficient (Wildman–Crippen LogP) is 4.25. The van der Waals surface area contributed by atoms with Gasteiger partial charge in [0.2, 0.25) is 10.0 Å². The van der Waals surface area contributed by atoms with Crippen LogP contribution in [-0.2, 0) is 25.3 Å². The monoisotopic (exact) mass is 514 g/mol. The summed E-state index contributed by atoms with van der Waals surface area (Å²) in [7, 11) is -3.82. The molecule has 0 aliphatic carbocycles. The standard InChI is InChI=1S/C25H23ClN2O6S/c1-2-33-25(30)19-13-12-18(14-20(19)26)27-24(29)23-15-28(21-10-6-7-11-22(21)34-23)35(31,32)16-17-8-4-3-5-9-17/h3-14,23H,2,15-16H2,1H3,(H,27,29)/t23-/m1/s1. The molecule has 0 radical (unpaired) electrons. The second-order valence-corrected chi connectivity index (χ2v) is 10.1. The van der Waals surface area contributed by atoms with Gasteiger partial charge in [-0.15, -0.1) is 0 Å². The molecule has 1 aliphatic heterocycles. The van der Waals surface area contributed by atoms with Crippen molar-refractivity contribution in [2.45, 2.75) is 18.8 Å². The smallest absolute Gasteiger partial charge is 0.339 e. The summed E-state index contributed by atoms with van der Waals surface area (Å²) in [5.74, 6) is -1.06. The topological polar surface area (TPSA) is 102 Å². The Bertz CT molecular complexity index is 1350. The minimum absolute atomic E-state index is 0.114. The number of rotatable bonds is 7. The van der Waals surface area contributed by atoms with E-state index < -0.39 is 28.0 Å². The van der Waals surface area contributed by atoms with Gasteiger partial charge in [-0.3, -0.25) is 9.10 Å². The van der Waals surface area contributed by atoms with Crippen molar-refractivity contribution >= 4 is 44.9 Å². The number of halogens is 1. The summed E-state index contributed by atoms with van der Waals surface area (Å²) in [6.45, 7) is 1.69. The lowest BCUT2D eigenvalue weighted by atomic mass is 10.2. The lowest BCUT2D eigenvalue weighted by molar-refractivity contribution is -0.122. The third-order valence-corrected chi connectivity index (χ3v) is 7.32. The zero-order valence-electron chi connectivity index (χ0n) is 18.8. The van der Waals surface area contributed by atoms with E-state index in [-0.39, 0.29) is 35.2 Å². The first-order chi connectivity index (χ1) is 16.8. The van der Waals surface area contributed by atoms with Gasteiger partial charge in [-0.1, -0.05) is 54.1 Å². The van der Waals surface area contributed by atoms with Gasteiger partial charge < -0.3 is 14.8 Å². The lowest BCUT2D eigenvalue weighted by Gasteiger charge is -2.34. The highest BCUT2D eigenvalue weighted by atomic mass is 35.5. The van der Waals surface area contributed by atoms with Crippen LogP contribution in [0.4, 0.5) is 11.4 Å². The van der Waals surface area contributed by atoms with Gasteiger partial charge in [0.1, 0.15) is 5.75 Å². The van der Waals surface area contributed by atoms with Crippen molar-refractivity contribution in [2.75, 3.05) is 22.8 Å². The van der Waals surface area contributed by atoms with Crippen molar-refractivity contribution < 1.29 is 27.5 Å². The molecule has 3 aromatic carbocycles. The molecular formula is C25H23ClN2O6S. The van der Waals surface area contributed by atoms with E-state index >= 15 is 0 Å². The Morgan fingerprint density at radius 1 is 1.09 bits per heavy atom. The Balaban J connectivity index is 1.55. The fourth-order valence-corrected chi connectivity index (χ4v) is 5.50. The minimum Gasteiger partial charge on any atom is -0.476 e. The Kier molecular flexibility index (Phi) is 7.28. The van der Waals surface area contributed by atoms with Crippen molar-refractivity contribution in [3.63, 3.8) is 0 Å². The fourth-order valence-electron chi connectivity index (χ4n) is 3.65. The van der Waals surface area contributed by atoms with E-state index in [0.717, 1.165) is 0 Å². The van der Waals surface area contributed by atoms with Crippen molar-refractivity contribution in [2.24, 2.45) is 0 Å². The van der Waals surface area contributed by atoms with E-state index in [0.29, 0.717) is 16.9 Å². The van der Waals surface area contributed by atoms with Crippen LogP contribution >= 0.6 is 11.6 Å². The number of amides is 1. The third kappa shape index (κ3) is 5.58. The molecular weight excluding hydrogens is 492 g/mol. The molecule has 0 saturated heterocycles. The van der Waals surface area contributed by atoms with Crippen LogP contribution in [-0.4, -0.2) is 39.5 Å². The molecule has 1 aliphatic rings. The van der Waals surface area contributed by atoms with Crippen LogP contribution in [0.1, 0.15) is 22.8 Å². The molecule has 0 saturated carbocycles. The van der Waals surface area contributed by atoms with Gasteiger partial charge >= 0.3 is 5.97 Å². The normalized spacial score (nSPS) is 15.0. The quantitative estimate of drug-likeness (QED) is 0.473. The third-order valence-electron chi connectivity index (χ3n) is 5.29. The molecule has 35 heavy (non-hydrogen) atoms. The summed E-state index contributed by atoms with van der Waals surface area (Å²) < 4.78 is 38.6. The first kappa shape index (κ1) is 24.6. The maximum absolute atomic E-state index is 13.3. The summed E-state index contributed by atoms with van der Waals surface area (Å²) in [6.07, 6.45) is -1.11. The van der Waals surface area contributed by atoms with Crippen molar-refractivity contribution in [3.05, 3.63) is 88.9 Å². The number of anilines is 2. The van der Waals surface area contributed by atoms with Crippen LogP contribution in [0, 0.1) is 0 Å². The fraction of sp³-hybridized carbons (Fsp3) is 0.200. The van der Waals surface area contributed by atoms with Crippen LogP contribution in [0.15, 0.2) is 72.8 Å². The highest BCUT2D eigenvalue weighted by Crippen LogP contribution is 2.36. The molecule has 1 atom stereocenters. The van der Waals surface area contributed by atoms with E-state index in [9.17, 15) is 18.0 Å². The highest BCUT2D eigenvalue weighted by molar-refractivity contribution is 7.92. The van der Waals surface area contributed by atoms with E-state index in [1.54, 1.807) is 55.5 Å². The summed E-state index contributed by atoms with van der Waals surface area (Å²) in [6, 6.07) is 19.9. The summed E-state index contributed by atoms with van der Waals surface area (Å²) in [4.78, 5) is 25.0. The van der Waals surface area contributed by atoms with Gasteiger partial charge in [0, 0.05) is 5.69 Å². The molecule has 1 N–H and O–H groups in total. The zero-order chi connectivity index (χ0) is 25.0. The molecule has 182 valence electrons. The molecule has 1 amide bonds. The molecule has 0 aromatic heterocycles. The molecule has 0 spiro atoms. The van der Waals surface area contributed by atoms with Crippen molar-refractivity contribution in [1.82, 2.24) is 0 Å². The number of para-hydroxylation sites is 2. The number of sulfonamides is 1. The Morgan fingerprint density at radius 3 is 2.51 bits per heavy atom. The Labute approximate surface area is 208 Å². The Morgan fingerprint density at radius 2 is 1.80 bits per heavy atom. The number of hydrogen-bond donors (Lipinski definition) is 1. The van der Waals surface area contributed by atoms with E-state index in [1.807, 2.05) is 6.07 Å². The van der Waals surface area contributed by atoms with Gasteiger partial charge in [-0.25, -0.2) is 13.2 Å². The van der Waals surface area contributed by atoms with Gasteiger partial charge in [-0.05, 0) is 42.8 Å². The SMILES string of the molecule is CCOC(=O)c1ccc(NC(=O)[C@H]2CN(S(=O)(=O)Cc3ccccc3)c3ccccc3O2)cc1Cl. The molecule has 8 nitrogen and oxygen atoms in total. The summed E-state index contributed by atoms with van der Waals surface area (Å²) >= 11 is 6.19. The van der Waals surface area contributed by atoms with E-state index in [4.69, 9.17) is 21.1 Å². The minimum atomic E-state index is -3.82. The van der Waals surface area contributed by atoms with Crippen molar-refractivity contribution in [3.8, 4) is 5.75 Å². The van der Waals surface area contributed by atoms with Gasteiger partial charge in [0.05, 0.1) is 35.2 Å². The number of carbonyl (C=O) groups is 2. The number of carbonyl (C=O) groups excluding carboxylic acids is 2. The van der Waals surface area contributed by atoms with Gasteiger partial charge in [0.15, 0.2) is 6.10 Å². The molecule has 0 fully saturated rings. The largest absolute Gasteiger partial charge is 0.476 e. The Hall–Kier alpha value is -3.56. The summed E-state index contributed by atoms with van der Waals surface area (Å²) in [5.41, 5.74) is 1.50. The van der Waals surface area contributed by atoms with Crippen molar-refractivity contribution in [1.29, 1.82) is 0 Å². The van der Waals surface area contributed by atoms with Crippen LogP contribution in [0.5, 0.6) is 5.75 Å². The highest BCUT2D eigenvalue weighted by Gasteiger charge is 2.36. The van der Waals surface area contributed by atoms with Gasteiger partial charge in [-0.2, -0.15) is 0 Å². The van der Waals surface area contributed by atoms with E-state index in [2.05, 4.69) is 5.32 Å².